The quantitative estimate of drug-likeness (QED) is 0.682. The second-order valence-corrected chi connectivity index (χ2v) is 4.47. The molecule has 0 bridgehead atoms. The highest BCUT2D eigenvalue weighted by molar-refractivity contribution is 9.09. The van der Waals surface area contributed by atoms with Crippen LogP contribution in [0.3, 0.4) is 0 Å². The van der Waals surface area contributed by atoms with Gasteiger partial charge in [-0.3, -0.25) is 14.3 Å². The van der Waals surface area contributed by atoms with Crippen LogP contribution in [0.1, 0.15) is 12.8 Å². The van der Waals surface area contributed by atoms with Crippen LogP contribution in [-0.2, 0) is 6.54 Å². The maximum Gasteiger partial charge on any atom is 0.329 e. The fraction of sp³-hybridized carbons (Fsp3) is 0.364. The maximum absolute atomic E-state index is 11.7. The van der Waals surface area contributed by atoms with E-state index >= 15 is 0 Å². The molecule has 90 valence electrons. The molecule has 0 amide bonds. The van der Waals surface area contributed by atoms with Gasteiger partial charge in [0.1, 0.15) is 5.65 Å². The van der Waals surface area contributed by atoms with Crippen LogP contribution in [0.15, 0.2) is 27.9 Å². The first-order valence-corrected chi connectivity index (χ1v) is 6.50. The van der Waals surface area contributed by atoms with E-state index in [1.807, 2.05) is 0 Å². The molecule has 0 spiro atoms. The summed E-state index contributed by atoms with van der Waals surface area (Å²) < 4.78 is 1.51. The minimum absolute atomic E-state index is 0.380. The number of alkyl halides is 1. The number of hydrogen-bond donors (Lipinski definition) is 1. The molecule has 0 saturated carbocycles. The molecule has 2 heterocycles. The smallest absolute Gasteiger partial charge is 0.278 e. The van der Waals surface area contributed by atoms with Crippen LogP contribution in [0.5, 0.6) is 0 Å². The summed E-state index contributed by atoms with van der Waals surface area (Å²) in [7, 11) is 0. The van der Waals surface area contributed by atoms with Gasteiger partial charge < -0.3 is 0 Å². The number of rotatable bonds is 4. The van der Waals surface area contributed by atoms with Crippen LogP contribution in [0.25, 0.3) is 11.0 Å². The molecule has 17 heavy (non-hydrogen) atoms. The van der Waals surface area contributed by atoms with Gasteiger partial charge in [-0.1, -0.05) is 15.9 Å². The summed E-state index contributed by atoms with van der Waals surface area (Å²) in [6, 6.07) is 3.35. The number of unbranched alkanes of at least 4 members (excludes halogenated alkanes) is 1. The zero-order valence-electron chi connectivity index (χ0n) is 9.15. The van der Waals surface area contributed by atoms with E-state index in [0.29, 0.717) is 17.6 Å². The number of hydrogen-bond acceptors (Lipinski definition) is 3. The third-order valence-corrected chi connectivity index (χ3v) is 3.08. The lowest BCUT2D eigenvalue weighted by molar-refractivity contribution is 0.616. The highest BCUT2D eigenvalue weighted by Gasteiger charge is 2.07. The van der Waals surface area contributed by atoms with Crippen molar-refractivity contribution in [1.82, 2.24) is 14.5 Å². The fourth-order valence-electron chi connectivity index (χ4n) is 1.69. The summed E-state index contributed by atoms with van der Waals surface area (Å²) in [6.07, 6.45) is 3.42. The monoisotopic (exact) mass is 297 g/mol. The predicted molar refractivity (Wildman–Crippen MR) is 69.7 cm³/mol. The van der Waals surface area contributed by atoms with E-state index in [1.54, 1.807) is 18.3 Å². The van der Waals surface area contributed by atoms with Crippen LogP contribution < -0.4 is 11.2 Å². The number of fused-ring (bicyclic) bond motifs is 1. The van der Waals surface area contributed by atoms with E-state index < -0.39 is 5.69 Å². The van der Waals surface area contributed by atoms with Crippen molar-refractivity contribution in [3.63, 3.8) is 0 Å². The van der Waals surface area contributed by atoms with Crippen LogP contribution >= 0.6 is 15.9 Å². The van der Waals surface area contributed by atoms with Crippen molar-refractivity contribution in [3.05, 3.63) is 39.2 Å². The minimum atomic E-state index is -0.393. The van der Waals surface area contributed by atoms with E-state index in [-0.39, 0.29) is 5.56 Å². The lowest BCUT2D eigenvalue weighted by Gasteiger charge is -2.07. The third-order valence-electron chi connectivity index (χ3n) is 2.52. The summed E-state index contributed by atoms with van der Waals surface area (Å²) in [6.45, 7) is 0.564. The van der Waals surface area contributed by atoms with Gasteiger partial charge in [0.2, 0.25) is 0 Å². The SMILES string of the molecule is O=c1[nH]c(=O)n(CCCCBr)c2ncccc12. The second kappa shape index (κ2) is 5.27. The van der Waals surface area contributed by atoms with Gasteiger partial charge in [-0.2, -0.15) is 0 Å². The van der Waals surface area contributed by atoms with E-state index in [4.69, 9.17) is 0 Å². The third kappa shape index (κ3) is 2.46. The number of nitrogens with one attached hydrogen (secondary N) is 1. The minimum Gasteiger partial charge on any atom is -0.278 e. The van der Waals surface area contributed by atoms with Crippen LogP contribution in [0.2, 0.25) is 0 Å². The number of aromatic nitrogens is 3. The molecule has 0 fully saturated rings. The number of aryl methyl sites for hydroxylation is 1. The number of pyridine rings is 1. The molecular formula is C11H12BrN3O2. The molecule has 2 rings (SSSR count). The average Bonchev–Trinajstić information content (AvgIpc) is 2.33. The molecule has 0 saturated heterocycles. The molecule has 0 radical (unpaired) electrons. The molecular weight excluding hydrogens is 286 g/mol. The molecule has 6 heteroatoms. The Bertz CT molecular complexity index is 632. The van der Waals surface area contributed by atoms with Crippen molar-refractivity contribution in [2.75, 3.05) is 5.33 Å². The van der Waals surface area contributed by atoms with Gasteiger partial charge in [0.25, 0.3) is 5.56 Å². The highest BCUT2D eigenvalue weighted by Crippen LogP contribution is 2.04. The highest BCUT2D eigenvalue weighted by atomic mass is 79.9. The summed E-state index contributed by atoms with van der Waals surface area (Å²) in [5.74, 6) is 0. The van der Waals surface area contributed by atoms with Crippen molar-refractivity contribution < 1.29 is 0 Å². The van der Waals surface area contributed by atoms with Crippen molar-refractivity contribution in [1.29, 1.82) is 0 Å². The van der Waals surface area contributed by atoms with Gasteiger partial charge in [0.05, 0.1) is 5.39 Å². The Kier molecular flexibility index (Phi) is 3.73. The molecule has 5 nitrogen and oxygen atoms in total. The maximum atomic E-state index is 11.7. The largest absolute Gasteiger partial charge is 0.329 e. The van der Waals surface area contributed by atoms with Crippen molar-refractivity contribution in [3.8, 4) is 0 Å². The first kappa shape index (κ1) is 12.0. The lowest BCUT2D eigenvalue weighted by atomic mass is 10.3. The molecule has 2 aromatic rings. The van der Waals surface area contributed by atoms with Gasteiger partial charge in [-0.25, -0.2) is 9.78 Å². The average molecular weight is 298 g/mol. The van der Waals surface area contributed by atoms with E-state index in [9.17, 15) is 9.59 Å². The number of aromatic amines is 1. The van der Waals surface area contributed by atoms with Crippen molar-refractivity contribution in [2.45, 2.75) is 19.4 Å². The van der Waals surface area contributed by atoms with E-state index in [0.717, 1.165) is 18.2 Å². The molecule has 0 aliphatic rings. The molecule has 0 unspecified atom stereocenters. The van der Waals surface area contributed by atoms with Crippen LogP contribution in [-0.4, -0.2) is 19.9 Å². The summed E-state index contributed by atoms with van der Waals surface area (Å²) in [5, 5.41) is 1.35. The van der Waals surface area contributed by atoms with Crippen LogP contribution in [0.4, 0.5) is 0 Å². The first-order chi connectivity index (χ1) is 8.24. The van der Waals surface area contributed by atoms with Gasteiger partial charge in [0.15, 0.2) is 0 Å². The Morgan fingerprint density at radius 1 is 1.35 bits per heavy atom. The predicted octanol–water partition coefficient (Wildman–Crippen LogP) is 1.26. The lowest BCUT2D eigenvalue weighted by Crippen LogP contribution is -2.30. The molecule has 2 aromatic heterocycles. The normalized spacial score (nSPS) is 10.9. The Balaban J connectivity index is 2.54. The van der Waals surface area contributed by atoms with E-state index in [2.05, 4.69) is 25.9 Å². The Labute approximate surface area is 106 Å². The Morgan fingerprint density at radius 3 is 2.94 bits per heavy atom. The zero-order chi connectivity index (χ0) is 12.3. The topological polar surface area (TPSA) is 67.8 Å². The van der Waals surface area contributed by atoms with Gasteiger partial charge >= 0.3 is 5.69 Å². The zero-order valence-corrected chi connectivity index (χ0v) is 10.7. The molecule has 0 aromatic carbocycles. The molecule has 0 atom stereocenters. The van der Waals surface area contributed by atoms with Crippen molar-refractivity contribution >= 4 is 27.0 Å². The molecule has 0 aliphatic carbocycles. The van der Waals surface area contributed by atoms with Crippen molar-refractivity contribution in [2.24, 2.45) is 0 Å². The number of halogens is 1. The summed E-state index contributed by atoms with van der Waals surface area (Å²) >= 11 is 3.34. The Hall–Kier alpha value is -1.43. The molecule has 0 aliphatic heterocycles. The first-order valence-electron chi connectivity index (χ1n) is 5.38. The number of nitrogens with zero attached hydrogens (tertiary/aromatic N) is 2. The second-order valence-electron chi connectivity index (χ2n) is 3.68. The standard InChI is InChI=1S/C11H12BrN3O2/c12-5-1-2-7-15-9-8(4-3-6-13-9)10(16)14-11(15)17/h3-4,6H,1-2,5,7H2,(H,14,16,17). The van der Waals surface area contributed by atoms with Gasteiger partial charge in [-0.05, 0) is 25.0 Å². The van der Waals surface area contributed by atoms with Crippen LogP contribution in [0, 0.1) is 0 Å². The van der Waals surface area contributed by atoms with Gasteiger partial charge in [-0.15, -0.1) is 0 Å². The van der Waals surface area contributed by atoms with Gasteiger partial charge in [0, 0.05) is 18.1 Å². The fourth-order valence-corrected chi connectivity index (χ4v) is 2.09. The summed E-state index contributed by atoms with van der Waals surface area (Å²) in [4.78, 5) is 29.7. The Morgan fingerprint density at radius 2 is 2.18 bits per heavy atom. The number of H-pyrrole nitrogens is 1. The molecule has 1 N–H and O–H groups in total. The van der Waals surface area contributed by atoms with E-state index in [1.165, 1.54) is 4.57 Å². The summed E-state index contributed by atoms with van der Waals surface area (Å²) in [5.41, 5.74) is -0.318.